The van der Waals surface area contributed by atoms with Gasteiger partial charge in [0.05, 0.1) is 4.70 Å². The van der Waals surface area contributed by atoms with E-state index in [1.807, 2.05) is 0 Å². The van der Waals surface area contributed by atoms with Crippen molar-refractivity contribution in [3.8, 4) is 11.1 Å². The van der Waals surface area contributed by atoms with Crippen molar-refractivity contribution >= 4 is 61.4 Å². The predicted molar refractivity (Wildman–Crippen MR) is 109 cm³/mol. The Hall–Kier alpha value is -2.81. The number of nitrogens with one attached hydrogen (secondary N) is 1. The molecule has 2 aromatic heterocycles. The topological polar surface area (TPSA) is 79.3 Å². The number of halogens is 2. The van der Waals surface area contributed by atoms with Crippen LogP contribution in [0.4, 0.5) is 9.39 Å². The number of hydrogen-bond acceptors (Lipinski definition) is 5. The minimum atomic E-state index is -1.17. The van der Waals surface area contributed by atoms with Crippen LogP contribution >= 0.6 is 34.3 Å². The maximum Gasteiger partial charge on any atom is 0.339 e. The zero-order valence-electron chi connectivity index (χ0n) is 13.9. The number of thiophene rings is 1. The van der Waals surface area contributed by atoms with Gasteiger partial charge in [0.2, 0.25) is 0 Å². The van der Waals surface area contributed by atoms with Crippen LogP contribution < -0.4 is 5.32 Å². The summed E-state index contributed by atoms with van der Waals surface area (Å²) in [6.07, 6.45) is 0. The molecule has 4 aromatic rings. The maximum absolute atomic E-state index is 13.8. The van der Waals surface area contributed by atoms with E-state index in [0.29, 0.717) is 20.8 Å². The Morgan fingerprint density at radius 1 is 1.14 bits per heavy atom. The van der Waals surface area contributed by atoms with Gasteiger partial charge in [-0.2, -0.15) is 0 Å². The van der Waals surface area contributed by atoms with Gasteiger partial charge in [-0.05, 0) is 29.8 Å². The molecule has 28 heavy (non-hydrogen) atoms. The van der Waals surface area contributed by atoms with Crippen molar-refractivity contribution < 1.29 is 19.1 Å². The van der Waals surface area contributed by atoms with Gasteiger partial charge < -0.3 is 10.4 Å². The second-order valence-corrected chi connectivity index (χ2v) is 8.07. The molecule has 0 fully saturated rings. The molecule has 0 unspecified atom stereocenters. The smallest absolute Gasteiger partial charge is 0.339 e. The number of nitrogens with zero attached hydrogens (tertiary/aromatic N) is 1. The second-order valence-electron chi connectivity index (χ2n) is 5.73. The van der Waals surface area contributed by atoms with E-state index in [2.05, 4.69) is 10.3 Å². The lowest BCUT2D eigenvalue weighted by Gasteiger charge is -2.05. The molecule has 140 valence electrons. The Kier molecular flexibility index (Phi) is 4.84. The Morgan fingerprint density at radius 3 is 2.57 bits per heavy atom. The van der Waals surface area contributed by atoms with Crippen LogP contribution in [0.3, 0.4) is 0 Å². The first-order valence-electron chi connectivity index (χ1n) is 7.91. The molecule has 2 N–H and O–H groups in total. The number of hydrogen-bond donors (Lipinski definition) is 2. The van der Waals surface area contributed by atoms with Crippen molar-refractivity contribution in [1.29, 1.82) is 0 Å². The molecule has 2 aromatic carbocycles. The number of carbonyl (C=O) groups excluding carboxylic acids is 1. The molecule has 0 aliphatic heterocycles. The maximum atomic E-state index is 13.8. The van der Waals surface area contributed by atoms with Crippen LogP contribution in [0.25, 0.3) is 21.3 Å². The number of anilines is 1. The number of carbonyl (C=O) groups is 2. The van der Waals surface area contributed by atoms with Gasteiger partial charge in [0.1, 0.15) is 21.9 Å². The third kappa shape index (κ3) is 3.37. The molecular weight excluding hydrogens is 423 g/mol. The van der Waals surface area contributed by atoms with Crippen molar-refractivity contribution in [2.24, 2.45) is 0 Å². The summed E-state index contributed by atoms with van der Waals surface area (Å²) >= 11 is 8.02. The molecule has 0 aliphatic carbocycles. The number of benzene rings is 2. The van der Waals surface area contributed by atoms with E-state index in [1.54, 1.807) is 35.7 Å². The van der Waals surface area contributed by atoms with E-state index in [4.69, 9.17) is 11.6 Å². The molecule has 9 heteroatoms. The van der Waals surface area contributed by atoms with Crippen molar-refractivity contribution in [3.05, 3.63) is 69.3 Å². The Bertz CT molecular complexity index is 1220. The largest absolute Gasteiger partial charge is 0.478 e. The van der Waals surface area contributed by atoms with Gasteiger partial charge in [-0.3, -0.25) is 4.79 Å². The van der Waals surface area contributed by atoms with E-state index in [0.717, 1.165) is 22.7 Å². The van der Waals surface area contributed by atoms with Gasteiger partial charge in [0.25, 0.3) is 5.91 Å². The van der Waals surface area contributed by atoms with Gasteiger partial charge in [-0.25, -0.2) is 14.2 Å². The van der Waals surface area contributed by atoms with Crippen molar-refractivity contribution in [3.63, 3.8) is 0 Å². The van der Waals surface area contributed by atoms with E-state index in [-0.39, 0.29) is 21.1 Å². The lowest BCUT2D eigenvalue weighted by Crippen LogP contribution is -2.13. The first-order valence-corrected chi connectivity index (χ1v) is 9.98. The molecule has 4 rings (SSSR count). The quantitative estimate of drug-likeness (QED) is 0.429. The number of thiazole rings is 1. The van der Waals surface area contributed by atoms with Crippen LogP contribution in [0, 0.1) is 5.82 Å². The number of rotatable bonds is 4. The molecular formula is C19H10ClFN2O3S2. The SMILES string of the molecule is O=C(Nc1scc(-c2ccc(Cl)cc2)c1C(=O)O)c1nc2c(F)cccc2s1. The molecule has 0 radical (unpaired) electrons. The number of para-hydroxylation sites is 1. The van der Waals surface area contributed by atoms with E-state index < -0.39 is 17.7 Å². The molecule has 1 amide bonds. The number of aromatic nitrogens is 1. The first kappa shape index (κ1) is 18.5. The predicted octanol–water partition coefficient (Wildman–Crippen LogP) is 5.77. The molecule has 0 bridgehead atoms. The molecule has 0 aliphatic rings. The fourth-order valence-corrected chi connectivity index (χ4v) is 4.63. The Balaban J connectivity index is 1.69. The van der Waals surface area contributed by atoms with Crippen LogP contribution in [0.2, 0.25) is 5.02 Å². The van der Waals surface area contributed by atoms with Gasteiger partial charge in [-0.1, -0.05) is 29.8 Å². The lowest BCUT2D eigenvalue weighted by molar-refractivity contribution is 0.0699. The fraction of sp³-hybridized carbons (Fsp3) is 0. The summed E-state index contributed by atoms with van der Waals surface area (Å²) in [4.78, 5) is 28.4. The number of aromatic carboxylic acids is 1. The van der Waals surface area contributed by atoms with Gasteiger partial charge in [-0.15, -0.1) is 22.7 Å². The minimum Gasteiger partial charge on any atom is -0.478 e. The summed E-state index contributed by atoms with van der Waals surface area (Å²) in [5.41, 5.74) is 1.23. The second kappa shape index (κ2) is 7.31. The summed E-state index contributed by atoms with van der Waals surface area (Å²) in [6.45, 7) is 0. The average molecular weight is 433 g/mol. The van der Waals surface area contributed by atoms with E-state index >= 15 is 0 Å². The molecule has 0 saturated heterocycles. The summed E-state index contributed by atoms with van der Waals surface area (Å²) in [6, 6.07) is 11.2. The fourth-order valence-electron chi connectivity index (χ4n) is 2.67. The van der Waals surface area contributed by atoms with Crippen LogP contribution in [0.5, 0.6) is 0 Å². The van der Waals surface area contributed by atoms with Crippen LogP contribution in [-0.2, 0) is 0 Å². The highest BCUT2D eigenvalue weighted by atomic mass is 35.5. The molecule has 0 atom stereocenters. The van der Waals surface area contributed by atoms with Crippen LogP contribution in [-0.4, -0.2) is 22.0 Å². The number of amides is 1. The molecule has 2 heterocycles. The highest BCUT2D eigenvalue weighted by molar-refractivity contribution is 7.20. The molecule has 0 spiro atoms. The van der Waals surface area contributed by atoms with E-state index in [1.165, 1.54) is 12.1 Å². The summed E-state index contributed by atoms with van der Waals surface area (Å²) in [5.74, 6) is -2.27. The zero-order chi connectivity index (χ0) is 19.8. The monoisotopic (exact) mass is 432 g/mol. The highest BCUT2D eigenvalue weighted by Gasteiger charge is 2.23. The minimum absolute atomic E-state index is 0.0204. The van der Waals surface area contributed by atoms with Crippen molar-refractivity contribution in [1.82, 2.24) is 4.98 Å². The standard InChI is InChI=1S/C19H10ClFN2O3S2/c20-10-6-4-9(5-7-10)11-8-27-17(14(11)19(25)26)23-16(24)18-22-15-12(21)2-1-3-13(15)28-18/h1-8H,(H,23,24)(H,25,26). The Labute approximate surface area is 171 Å². The first-order chi connectivity index (χ1) is 13.4. The average Bonchev–Trinajstić information content (AvgIpc) is 3.27. The zero-order valence-corrected chi connectivity index (χ0v) is 16.3. The highest BCUT2D eigenvalue weighted by Crippen LogP contribution is 2.36. The summed E-state index contributed by atoms with van der Waals surface area (Å²) in [5, 5.41) is 14.7. The van der Waals surface area contributed by atoms with Crippen molar-refractivity contribution in [2.45, 2.75) is 0 Å². The number of fused-ring (bicyclic) bond motifs is 1. The number of carboxylic acid groups (broad SMARTS) is 1. The summed E-state index contributed by atoms with van der Waals surface area (Å²) < 4.78 is 14.3. The van der Waals surface area contributed by atoms with Crippen LogP contribution in [0.15, 0.2) is 47.8 Å². The third-order valence-electron chi connectivity index (χ3n) is 3.95. The normalized spacial score (nSPS) is 10.9. The van der Waals surface area contributed by atoms with Crippen LogP contribution in [0.1, 0.15) is 20.2 Å². The van der Waals surface area contributed by atoms with Gasteiger partial charge in [0.15, 0.2) is 5.01 Å². The number of carboxylic acids is 1. The molecule has 0 saturated carbocycles. The molecule has 5 nitrogen and oxygen atoms in total. The van der Waals surface area contributed by atoms with Crippen molar-refractivity contribution in [2.75, 3.05) is 5.32 Å². The van der Waals surface area contributed by atoms with Gasteiger partial charge >= 0.3 is 5.97 Å². The van der Waals surface area contributed by atoms with Gasteiger partial charge in [0, 0.05) is 16.0 Å². The Morgan fingerprint density at radius 2 is 1.89 bits per heavy atom. The summed E-state index contributed by atoms with van der Waals surface area (Å²) in [7, 11) is 0. The van der Waals surface area contributed by atoms with E-state index in [9.17, 15) is 19.1 Å². The lowest BCUT2D eigenvalue weighted by atomic mass is 10.0. The third-order valence-corrected chi connectivity index (χ3v) is 6.12.